The molecule has 0 amide bonds. The molecule has 0 bridgehead atoms. The molecule has 2 rings (SSSR count). The van der Waals surface area contributed by atoms with Crippen molar-refractivity contribution in [2.45, 2.75) is 32.6 Å². The number of benzene rings is 1. The van der Waals surface area contributed by atoms with Crippen LogP contribution in [0.15, 0.2) is 53.0 Å². The Morgan fingerprint density at radius 1 is 1.05 bits per heavy atom. The number of sulfonamides is 1. The van der Waals surface area contributed by atoms with Gasteiger partial charge in [0.05, 0.1) is 4.90 Å². The molecule has 0 aliphatic carbocycles. The van der Waals surface area contributed by atoms with Crippen molar-refractivity contribution in [2.24, 2.45) is 5.41 Å². The summed E-state index contributed by atoms with van der Waals surface area (Å²) in [5.74, 6) is 0. The van der Waals surface area contributed by atoms with Crippen molar-refractivity contribution in [2.75, 3.05) is 13.1 Å². The quantitative estimate of drug-likeness (QED) is 0.838. The first-order valence-electron chi connectivity index (χ1n) is 7.15. The number of nitrogens with zero attached hydrogens (tertiary/aromatic N) is 1. The van der Waals surface area contributed by atoms with E-state index in [9.17, 15) is 8.42 Å². The Morgan fingerprint density at radius 2 is 1.67 bits per heavy atom. The van der Waals surface area contributed by atoms with Gasteiger partial charge in [0.25, 0.3) is 0 Å². The van der Waals surface area contributed by atoms with E-state index in [2.05, 4.69) is 20.8 Å². The van der Waals surface area contributed by atoms with Crippen LogP contribution in [0.1, 0.15) is 26.3 Å². The first-order chi connectivity index (χ1) is 9.71. The molecule has 0 saturated heterocycles. The minimum absolute atomic E-state index is 0.0279. The fraction of sp³-hybridized carbons (Fsp3) is 0.412. The molecular weight excluding hydrogens is 282 g/mol. The molecule has 0 N–H and O–H groups in total. The Hall–Kier alpha value is -1.39. The van der Waals surface area contributed by atoms with Gasteiger partial charge in [-0.3, -0.25) is 0 Å². The van der Waals surface area contributed by atoms with Crippen LogP contribution < -0.4 is 0 Å². The molecule has 0 aromatic heterocycles. The smallest absolute Gasteiger partial charge is 0.207 e. The first-order valence-corrected chi connectivity index (χ1v) is 8.59. The summed E-state index contributed by atoms with van der Waals surface area (Å²) in [6.07, 6.45) is 5.97. The maximum atomic E-state index is 12.7. The predicted molar refractivity (Wildman–Crippen MR) is 86.6 cm³/mol. The summed E-state index contributed by atoms with van der Waals surface area (Å²) >= 11 is 0. The number of allylic oxidation sites excluding steroid dienone is 2. The summed E-state index contributed by atoms with van der Waals surface area (Å²) in [5.41, 5.74) is 2.25. The maximum Gasteiger partial charge on any atom is 0.243 e. The molecule has 1 aromatic carbocycles. The molecule has 0 saturated carbocycles. The second-order valence-corrected chi connectivity index (χ2v) is 8.38. The van der Waals surface area contributed by atoms with Gasteiger partial charge in [-0.2, -0.15) is 4.31 Å². The average Bonchev–Trinajstić information content (AvgIpc) is 2.64. The number of aryl methyl sites for hydroxylation is 1. The van der Waals surface area contributed by atoms with Gasteiger partial charge >= 0.3 is 0 Å². The molecular formula is C17H23NO2S. The molecule has 1 aliphatic heterocycles. The van der Waals surface area contributed by atoms with Crippen LogP contribution in [0, 0.1) is 12.3 Å². The van der Waals surface area contributed by atoms with Crippen LogP contribution in [0.25, 0.3) is 0 Å². The summed E-state index contributed by atoms with van der Waals surface area (Å²) in [6, 6.07) is 7.01. The van der Waals surface area contributed by atoms with Gasteiger partial charge in [-0.25, -0.2) is 8.42 Å². The second kappa shape index (κ2) is 5.78. The third-order valence-electron chi connectivity index (χ3n) is 3.65. The molecule has 0 radical (unpaired) electrons. The van der Waals surface area contributed by atoms with Crippen molar-refractivity contribution >= 4 is 10.0 Å². The molecule has 1 aromatic rings. The lowest BCUT2D eigenvalue weighted by Gasteiger charge is -2.21. The maximum absolute atomic E-state index is 12.7. The molecule has 0 fully saturated rings. The molecule has 21 heavy (non-hydrogen) atoms. The molecule has 0 unspecified atom stereocenters. The van der Waals surface area contributed by atoms with Crippen LogP contribution in [0.3, 0.4) is 0 Å². The lowest BCUT2D eigenvalue weighted by Crippen LogP contribution is -2.31. The van der Waals surface area contributed by atoms with E-state index in [-0.39, 0.29) is 5.41 Å². The number of hydrogen-bond donors (Lipinski definition) is 0. The third kappa shape index (κ3) is 3.63. The SMILES string of the molecule is Cc1ccc(S(=O)(=O)N2CC=CC(C(C)(C)C)=CC2)cc1. The van der Waals surface area contributed by atoms with Crippen molar-refractivity contribution in [3.63, 3.8) is 0 Å². The van der Waals surface area contributed by atoms with Crippen molar-refractivity contribution < 1.29 is 8.42 Å². The van der Waals surface area contributed by atoms with E-state index in [1.165, 1.54) is 9.88 Å². The fourth-order valence-electron chi connectivity index (χ4n) is 2.25. The van der Waals surface area contributed by atoms with E-state index in [1.807, 2.05) is 37.3 Å². The summed E-state index contributed by atoms with van der Waals surface area (Å²) in [4.78, 5) is 0.356. The zero-order chi connectivity index (χ0) is 15.7. The lowest BCUT2D eigenvalue weighted by atomic mass is 9.86. The Balaban J connectivity index is 2.29. The first kappa shape index (κ1) is 16.0. The topological polar surface area (TPSA) is 37.4 Å². The summed E-state index contributed by atoms with van der Waals surface area (Å²) in [5, 5.41) is 0. The summed E-state index contributed by atoms with van der Waals surface area (Å²) < 4.78 is 26.8. The van der Waals surface area contributed by atoms with E-state index in [0.29, 0.717) is 18.0 Å². The van der Waals surface area contributed by atoms with Gasteiger partial charge in [0, 0.05) is 13.1 Å². The van der Waals surface area contributed by atoms with Crippen molar-refractivity contribution in [1.29, 1.82) is 0 Å². The van der Waals surface area contributed by atoms with Gasteiger partial charge in [0.1, 0.15) is 0 Å². The van der Waals surface area contributed by atoms with Crippen LogP contribution >= 0.6 is 0 Å². The van der Waals surface area contributed by atoms with E-state index in [1.54, 1.807) is 12.1 Å². The van der Waals surface area contributed by atoms with Crippen LogP contribution in [-0.4, -0.2) is 25.8 Å². The monoisotopic (exact) mass is 305 g/mol. The van der Waals surface area contributed by atoms with Crippen LogP contribution in [0.2, 0.25) is 0 Å². The molecule has 114 valence electrons. The fourth-order valence-corrected chi connectivity index (χ4v) is 3.58. The van der Waals surface area contributed by atoms with E-state index in [4.69, 9.17) is 0 Å². The van der Waals surface area contributed by atoms with Gasteiger partial charge in [-0.1, -0.05) is 56.7 Å². The van der Waals surface area contributed by atoms with E-state index in [0.717, 1.165) is 5.56 Å². The molecule has 3 nitrogen and oxygen atoms in total. The van der Waals surface area contributed by atoms with Gasteiger partial charge in [0.2, 0.25) is 10.0 Å². The predicted octanol–water partition coefficient (Wildman–Crippen LogP) is 3.53. The Morgan fingerprint density at radius 3 is 2.24 bits per heavy atom. The lowest BCUT2D eigenvalue weighted by molar-refractivity contribution is 0.471. The van der Waals surface area contributed by atoms with Crippen LogP contribution in [0.5, 0.6) is 0 Å². The number of rotatable bonds is 2. The summed E-state index contributed by atoms with van der Waals surface area (Å²) in [7, 11) is -3.43. The Bertz CT molecular complexity index is 662. The van der Waals surface area contributed by atoms with Crippen molar-refractivity contribution in [3.8, 4) is 0 Å². The highest BCUT2D eigenvalue weighted by molar-refractivity contribution is 7.89. The Kier molecular flexibility index (Phi) is 4.40. The van der Waals surface area contributed by atoms with Crippen LogP contribution in [0.4, 0.5) is 0 Å². The molecule has 0 atom stereocenters. The molecule has 1 aliphatic rings. The largest absolute Gasteiger partial charge is 0.243 e. The van der Waals surface area contributed by atoms with Crippen LogP contribution in [-0.2, 0) is 10.0 Å². The zero-order valence-corrected chi connectivity index (χ0v) is 13.9. The minimum Gasteiger partial charge on any atom is -0.207 e. The molecule has 0 spiro atoms. The highest BCUT2D eigenvalue weighted by Gasteiger charge is 2.25. The normalized spacial score (nSPS) is 17.4. The third-order valence-corrected chi connectivity index (χ3v) is 5.49. The average molecular weight is 305 g/mol. The van der Waals surface area contributed by atoms with Gasteiger partial charge < -0.3 is 0 Å². The highest BCUT2D eigenvalue weighted by Crippen LogP contribution is 2.28. The highest BCUT2D eigenvalue weighted by atomic mass is 32.2. The van der Waals surface area contributed by atoms with Gasteiger partial charge in [0.15, 0.2) is 0 Å². The van der Waals surface area contributed by atoms with E-state index < -0.39 is 10.0 Å². The standard InChI is InChI=1S/C17H23NO2S/c1-14-7-9-16(10-8-14)21(19,20)18-12-5-6-15(11-13-18)17(2,3)4/h5-11H,12-13H2,1-4H3. The Labute approximate surface area is 128 Å². The van der Waals surface area contributed by atoms with Crippen molar-refractivity contribution in [3.05, 3.63) is 53.6 Å². The van der Waals surface area contributed by atoms with Gasteiger partial charge in [-0.15, -0.1) is 0 Å². The van der Waals surface area contributed by atoms with E-state index >= 15 is 0 Å². The van der Waals surface area contributed by atoms with Gasteiger partial charge in [-0.05, 0) is 30.0 Å². The zero-order valence-electron chi connectivity index (χ0n) is 13.1. The minimum atomic E-state index is -3.43. The number of hydrogen-bond acceptors (Lipinski definition) is 2. The molecule has 1 heterocycles. The second-order valence-electron chi connectivity index (χ2n) is 6.45. The molecule has 4 heteroatoms. The van der Waals surface area contributed by atoms with Crippen molar-refractivity contribution in [1.82, 2.24) is 4.31 Å². The summed E-state index contributed by atoms with van der Waals surface area (Å²) in [6.45, 7) is 9.17.